The Balaban J connectivity index is 1.66. The van der Waals surface area contributed by atoms with Gasteiger partial charge in [-0.2, -0.15) is 0 Å². The van der Waals surface area contributed by atoms with Crippen LogP contribution in [0.3, 0.4) is 0 Å². The summed E-state index contributed by atoms with van der Waals surface area (Å²) >= 11 is 3.68. The van der Waals surface area contributed by atoms with Gasteiger partial charge in [-0.3, -0.25) is 4.90 Å². The second kappa shape index (κ2) is 5.07. The van der Waals surface area contributed by atoms with E-state index in [1.165, 1.54) is 20.5 Å². The van der Waals surface area contributed by atoms with Crippen LogP contribution in [0, 0.1) is 13.8 Å². The standard InChI is InChI=1S/C13H17N3S2/c1-9-14-7-11(17-9)8-16-5-3-12-13(4-6-16)18-10(2)15-12/h7H,3-6,8H2,1-2H3. The van der Waals surface area contributed by atoms with Gasteiger partial charge in [0.15, 0.2) is 0 Å². The van der Waals surface area contributed by atoms with Crippen molar-refractivity contribution in [2.24, 2.45) is 0 Å². The number of rotatable bonds is 2. The molecule has 96 valence electrons. The molecule has 5 heteroatoms. The Bertz CT molecular complexity index is 519. The average Bonchev–Trinajstić information content (AvgIpc) is 2.84. The number of hydrogen-bond acceptors (Lipinski definition) is 5. The maximum absolute atomic E-state index is 4.64. The van der Waals surface area contributed by atoms with Crippen molar-refractivity contribution in [1.29, 1.82) is 0 Å². The fourth-order valence-electron chi connectivity index (χ4n) is 2.40. The Morgan fingerprint density at radius 3 is 2.78 bits per heavy atom. The van der Waals surface area contributed by atoms with Gasteiger partial charge in [-0.05, 0) is 20.3 Å². The van der Waals surface area contributed by atoms with E-state index in [-0.39, 0.29) is 0 Å². The minimum Gasteiger partial charge on any atom is -0.297 e. The van der Waals surface area contributed by atoms with Crippen molar-refractivity contribution in [3.8, 4) is 0 Å². The summed E-state index contributed by atoms with van der Waals surface area (Å²) in [6.07, 6.45) is 4.26. The first-order valence-corrected chi connectivity index (χ1v) is 7.93. The minimum absolute atomic E-state index is 1.04. The molecular weight excluding hydrogens is 262 g/mol. The average molecular weight is 279 g/mol. The number of nitrogens with zero attached hydrogens (tertiary/aromatic N) is 3. The Morgan fingerprint density at radius 1 is 1.17 bits per heavy atom. The van der Waals surface area contributed by atoms with Gasteiger partial charge in [-0.25, -0.2) is 9.97 Å². The van der Waals surface area contributed by atoms with E-state index in [4.69, 9.17) is 0 Å². The van der Waals surface area contributed by atoms with Crippen LogP contribution in [-0.2, 0) is 19.4 Å². The number of hydrogen-bond donors (Lipinski definition) is 0. The molecule has 0 saturated heterocycles. The van der Waals surface area contributed by atoms with Crippen LogP contribution in [-0.4, -0.2) is 28.0 Å². The summed E-state index contributed by atoms with van der Waals surface area (Å²) in [5.74, 6) is 0. The predicted octanol–water partition coefficient (Wildman–Crippen LogP) is 2.82. The molecule has 2 aromatic rings. The maximum atomic E-state index is 4.64. The van der Waals surface area contributed by atoms with Crippen LogP contribution in [0.4, 0.5) is 0 Å². The van der Waals surface area contributed by atoms with E-state index in [1.54, 1.807) is 0 Å². The third kappa shape index (κ3) is 2.63. The molecule has 3 heterocycles. The van der Waals surface area contributed by atoms with Gasteiger partial charge >= 0.3 is 0 Å². The number of aryl methyl sites for hydroxylation is 2. The first kappa shape index (κ1) is 12.3. The highest BCUT2D eigenvalue weighted by molar-refractivity contribution is 7.11. The highest BCUT2D eigenvalue weighted by Crippen LogP contribution is 2.23. The molecule has 1 aliphatic rings. The lowest BCUT2D eigenvalue weighted by Crippen LogP contribution is -2.25. The minimum atomic E-state index is 1.04. The number of aromatic nitrogens is 2. The Hall–Kier alpha value is -0.780. The molecule has 0 radical (unpaired) electrons. The van der Waals surface area contributed by atoms with E-state index in [9.17, 15) is 0 Å². The molecule has 18 heavy (non-hydrogen) atoms. The normalized spacial score (nSPS) is 16.6. The van der Waals surface area contributed by atoms with Gasteiger partial charge in [0.25, 0.3) is 0 Å². The van der Waals surface area contributed by atoms with Crippen molar-refractivity contribution in [3.05, 3.63) is 31.7 Å². The van der Waals surface area contributed by atoms with Gasteiger partial charge in [-0.15, -0.1) is 22.7 Å². The monoisotopic (exact) mass is 279 g/mol. The summed E-state index contributed by atoms with van der Waals surface area (Å²) in [7, 11) is 0. The molecule has 3 nitrogen and oxygen atoms in total. The van der Waals surface area contributed by atoms with Crippen LogP contribution in [0.2, 0.25) is 0 Å². The Morgan fingerprint density at radius 2 is 2.00 bits per heavy atom. The fourth-order valence-corrected chi connectivity index (χ4v) is 4.20. The van der Waals surface area contributed by atoms with Gasteiger partial charge < -0.3 is 0 Å². The van der Waals surface area contributed by atoms with Crippen LogP contribution < -0.4 is 0 Å². The Kier molecular flexibility index (Phi) is 3.46. The summed E-state index contributed by atoms with van der Waals surface area (Å²) in [5.41, 5.74) is 1.33. The smallest absolute Gasteiger partial charge is 0.0900 e. The van der Waals surface area contributed by atoms with Gasteiger partial charge in [-0.1, -0.05) is 0 Å². The van der Waals surface area contributed by atoms with Gasteiger partial charge in [0.2, 0.25) is 0 Å². The van der Waals surface area contributed by atoms with E-state index in [0.717, 1.165) is 37.5 Å². The largest absolute Gasteiger partial charge is 0.297 e. The molecule has 0 atom stereocenters. The van der Waals surface area contributed by atoms with E-state index >= 15 is 0 Å². The van der Waals surface area contributed by atoms with E-state index < -0.39 is 0 Å². The molecule has 0 unspecified atom stereocenters. The van der Waals surface area contributed by atoms with Crippen LogP contribution >= 0.6 is 22.7 Å². The van der Waals surface area contributed by atoms with Crippen LogP contribution in [0.15, 0.2) is 6.20 Å². The second-order valence-electron chi connectivity index (χ2n) is 4.72. The molecule has 3 rings (SSSR count). The van der Waals surface area contributed by atoms with Gasteiger partial charge in [0, 0.05) is 42.0 Å². The highest BCUT2D eigenvalue weighted by Gasteiger charge is 2.17. The molecule has 0 bridgehead atoms. The number of thiazole rings is 2. The van der Waals surface area contributed by atoms with Gasteiger partial charge in [0.1, 0.15) is 0 Å². The van der Waals surface area contributed by atoms with Gasteiger partial charge in [0.05, 0.1) is 15.7 Å². The first-order valence-electron chi connectivity index (χ1n) is 6.29. The third-order valence-electron chi connectivity index (χ3n) is 3.25. The van der Waals surface area contributed by atoms with Crippen molar-refractivity contribution < 1.29 is 0 Å². The molecule has 0 spiro atoms. The third-order valence-corrected chi connectivity index (χ3v) is 5.22. The molecular formula is C13H17N3S2. The molecule has 0 fully saturated rings. The lowest BCUT2D eigenvalue weighted by molar-refractivity contribution is 0.281. The predicted molar refractivity (Wildman–Crippen MR) is 76.4 cm³/mol. The zero-order valence-electron chi connectivity index (χ0n) is 10.8. The summed E-state index contributed by atoms with van der Waals surface area (Å²) in [4.78, 5) is 14.4. The topological polar surface area (TPSA) is 29.0 Å². The highest BCUT2D eigenvalue weighted by atomic mass is 32.1. The van der Waals surface area contributed by atoms with Crippen molar-refractivity contribution in [2.45, 2.75) is 33.2 Å². The summed E-state index contributed by atoms with van der Waals surface area (Å²) in [6, 6.07) is 0. The summed E-state index contributed by atoms with van der Waals surface area (Å²) in [5, 5.41) is 2.38. The van der Waals surface area contributed by atoms with Crippen molar-refractivity contribution in [3.63, 3.8) is 0 Å². The zero-order valence-corrected chi connectivity index (χ0v) is 12.4. The molecule has 0 N–H and O–H groups in total. The van der Waals surface area contributed by atoms with E-state index in [2.05, 4.69) is 28.7 Å². The number of fused-ring (bicyclic) bond motifs is 1. The molecule has 1 aliphatic heterocycles. The van der Waals surface area contributed by atoms with Crippen molar-refractivity contribution >= 4 is 22.7 Å². The van der Waals surface area contributed by atoms with E-state index in [0.29, 0.717) is 0 Å². The lowest BCUT2D eigenvalue weighted by atomic mass is 10.2. The molecule has 0 amide bonds. The van der Waals surface area contributed by atoms with Crippen molar-refractivity contribution in [2.75, 3.05) is 13.1 Å². The SMILES string of the molecule is Cc1ncc(CN2CCc3nc(C)sc3CC2)s1. The van der Waals surface area contributed by atoms with Crippen LogP contribution in [0.5, 0.6) is 0 Å². The first-order chi connectivity index (χ1) is 8.70. The fraction of sp³-hybridized carbons (Fsp3) is 0.538. The summed E-state index contributed by atoms with van der Waals surface area (Å²) in [6.45, 7) is 7.48. The summed E-state index contributed by atoms with van der Waals surface area (Å²) < 4.78 is 0. The van der Waals surface area contributed by atoms with Crippen LogP contribution in [0.25, 0.3) is 0 Å². The molecule has 0 aromatic carbocycles. The van der Waals surface area contributed by atoms with Crippen molar-refractivity contribution in [1.82, 2.24) is 14.9 Å². The second-order valence-corrected chi connectivity index (χ2v) is 7.33. The van der Waals surface area contributed by atoms with Crippen LogP contribution in [0.1, 0.15) is 25.5 Å². The quantitative estimate of drug-likeness (QED) is 0.846. The molecule has 0 aliphatic carbocycles. The molecule has 0 saturated carbocycles. The molecule has 2 aromatic heterocycles. The maximum Gasteiger partial charge on any atom is 0.0900 e. The zero-order chi connectivity index (χ0) is 12.5. The Labute approximate surface area is 116 Å². The van der Waals surface area contributed by atoms with E-state index in [1.807, 2.05) is 28.9 Å². The lowest BCUT2D eigenvalue weighted by Gasteiger charge is -2.18.